The lowest BCUT2D eigenvalue weighted by Gasteiger charge is -2.33. The summed E-state index contributed by atoms with van der Waals surface area (Å²) in [5.41, 5.74) is 1.37. The zero-order valence-corrected chi connectivity index (χ0v) is 24.3. The van der Waals surface area contributed by atoms with Gasteiger partial charge in [-0.1, -0.05) is 88.9 Å². The molecule has 0 heterocycles. The summed E-state index contributed by atoms with van der Waals surface area (Å²) >= 11 is 24.9. The first-order chi connectivity index (χ1) is 17.9. The Balaban J connectivity index is 2.08. The molecule has 0 aliphatic rings. The third-order valence-electron chi connectivity index (χ3n) is 5.75. The molecule has 12 heteroatoms. The molecule has 0 fully saturated rings. The van der Waals surface area contributed by atoms with Gasteiger partial charge in [-0.2, -0.15) is 0 Å². The van der Waals surface area contributed by atoms with E-state index in [0.29, 0.717) is 15.6 Å². The Morgan fingerprint density at radius 2 is 1.61 bits per heavy atom. The highest BCUT2D eigenvalue weighted by Crippen LogP contribution is 2.34. The van der Waals surface area contributed by atoms with Crippen LogP contribution in [0.4, 0.5) is 5.69 Å². The molecule has 0 saturated heterocycles. The number of benzene rings is 3. The van der Waals surface area contributed by atoms with Crippen molar-refractivity contribution in [3.05, 3.63) is 97.9 Å². The van der Waals surface area contributed by atoms with Crippen LogP contribution in [0.1, 0.15) is 11.1 Å². The van der Waals surface area contributed by atoms with Gasteiger partial charge in [-0.25, -0.2) is 8.42 Å². The largest absolute Gasteiger partial charge is 0.357 e. The van der Waals surface area contributed by atoms with Gasteiger partial charge in [-0.3, -0.25) is 13.9 Å². The molecule has 1 atom stereocenters. The van der Waals surface area contributed by atoms with Crippen molar-refractivity contribution in [1.82, 2.24) is 10.2 Å². The van der Waals surface area contributed by atoms with Gasteiger partial charge in [0.15, 0.2) is 0 Å². The molecule has 3 aromatic rings. The number of hydrogen-bond donors (Lipinski definition) is 1. The van der Waals surface area contributed by atoms with E-state index in [1.807, 2.05) is 30.3 Å². The molecule has 2 amide bonds. The average Bonchev–Trinajstić information content (AvgIpc) is 2.87. The minimum absolute atomic E-state index is 0.0215. The molecule has 3 rings (SSSR count). The predicted octanol–water partition coefficient (Wildman–Crippen LogP) is 5.45. The molecule has 0 radical (unpaired) electrons. The molecule has 0 saturated carbocycles. The van der Waals surface area contributed by atoms with Crippen LogP contribution in [0.15, 0.2) is 66.7 Å². The highest BCUT2D eigenvalue weighted by molar-refractivity contribution is 7.92. The zero-order valence-electron chi connectivity index (χ0n) is 20.5. The van der Waals surface area contributed by atoms with Gasteiger partial charge in [-0.15, -0.1) is 0 Å². The Morgan fingerprint density at radius 3 is 2.21 bits per heavy atom. The zero-order chi connectivity index (χ0) is 28.0. The minimum atomic E-state index is -3.98. The molecule has 38 heavy (non-hydrogen) atoms. The van der Waals surface area contributed by atoms with Crippen molar-refractivity contribution in [1.29, 1.82) is 0 Å². The van der Waals surface area contributed by atoms with E-state index in [9.17, 15) is 18.0 Å². The normalized spacial score (nSPS) is 12.1. The summed E-state index contributed by atoms with van der Waals surface area (Å²) < 4.78 is 26.4. The summed E-state index contributed by atoms with van der Waals surface area (Å²) in [6.07, 6.45) is 1.13. The van der Waals surface area contributed by atoms with Crippen LogP contribution in [0, 0.1) is 0 Å². The summed E-state index contributed by atoms with van der Waals surface area (Å²) in [6, 6.07) is 17.5. The number of halogens is 4. The molecular formula is C26H25Cl4N3O4S. The molecular weight excluding hydrogens is 592 g/mol. The van der Waals surface area contributed by atoms with E-state index in [1.54, 1.807) is 12.1 Å². The number of hydrogen-bond acceptors (Lipinski definition) is 4. The molecule has 0 unspecified atom stereocenters. The smallest absolute Gasteiger partial charge is 0.244 e. The van der Waals surface area contributed by atoms with Crippen molar-refractivity contribution in [3.8, 4) is 0 Å². The number of carbonyl (C=O) groups excluding carboxylic acids is 2. The second kappa shape index (κ2) is 13.0. The van der Waals surface area contributed by atoms with E-state index >= 15 is 0 Å². The SMILES string of the molecule is CNC(=O)[C@@H](Cc1ccccc1)N(Cc1ccc(Cl)cc1Cl)C(=O)CN(c1cccc(Cl)c1Cl)S(C)(=O)=O. The third kappa shape index (κ3) is 7.55. The Hall–Kier alpha value is -2.49. The second-order valence-corrected chi connectivity index (χ2v) is 12.0. The average molecular weight is 617 g/mol. The van der Waals surface area contributed by atoms with Gasteiger partial charge in [0.2, 0.25) is 21.8 Å². The second-order valence-electron chi connectivity index (χ2n) is 8.42. The summed E-state index contributed by atoms with van der Waals surface area (Å²) in [6.45, 7) is -0.715. The fraction of sp³-hybridized carbons (Fsp3) is 0.231. The van der Waals surface area contributed by atoms with E-state index in [0.717, 1.165) is 16.1 Å². The first kappa shape index (κ1) is 30.1. The van der Waals surface area contributed by atoms with Gasteiger partial charge in [0, 0.05) is 30.1 Å². The van der Waals surface area contributed by atoms with Crippen LogP contribution in [0.3, 0.4) is 0 Å². The van der Waals surface area contributed by atoms with Crippen molar-refractivity contribution in [2.45, 2.75) is 19.0 Å². The first-order valence-electron chi connectivity index (χ1n) is 11.3. The maximum absolute atomic E-state index is 13.9. The summed E-state index contributed by atoms with van der Waals surface area (Å²) in [5.74, 6) is -1.08. The van der Waals surface area contributed by atoms with Crippen molar-refractivity contribution in [2.24, 2.45) is 0 Å². The van der Waals surface area contributed by atoms with Crippen LogP contribution in [0.5, 0.6) is 0 Å². The molecule has 0 aliphatic heterocycles. The topological polar surface area (TPSA) is 86.8 Å². The van der Waals surface area contributed by atoms with Crippen molar-refractivity contribution in [3.63, 3.8) is 0 Å². The molecule has 0 aliphatic carbocycles. The standard InChI is InChI=1S/C26H25Cl4N3O4S/c1-31-26(35)23(13-17-7-4-3-5-8-17)32(15-18-11-12-19(27)14-21(18)29)24(34)16-33(38(2,36)37)22-10-6-9-20(28)25(22)30/h3-12,14,23H,13,15-16H2,1-2H3,(H,31,35)/t23-/m1/s1. The Kier molecular flexibility index (Phi) is 10.3. The highest BCUT2D eigenvalue weighted by atomic mass is 35.5. The van der Waals surface area contributed by atoms with Crippen molar-refractivity contribution < 1.29 is 18.0 Å². The van der Waals surface area contributed by atoms with Crippen LogP contribution in [0.2, 0.25) is 20.1 Å². The molecule has 3 aromatic carbocycles. The molecule has 0 bridgehead atoms. The van der Waals surface area contributed by atoms with Gasteiger partial charge in [0.1, 0.15) is 12.6 Å². The van der Waals surface area contributed by atoms with Gasteiger partial charge in [-0.05, 0) is 35.4 Å². The molecule has 202 valence electrons. The number of sulfonamides is 1. The Bertz CT molecular complexity index is 1420. The van der Waals surface area contributed by atoms with E-state index in [-0.39, 0.29) is 28.7 Å². The highest BCUT2D eigenvalue weighted by Gasteiger charge is 2.33. The monoisotopic (exact) mass is 615 g/mol. The number of amides is 2. The molecule has 0 aromatic heterocycles. The van der Waals surface area contributed by atoms with Crippen LogP contribution in [0.25, 0.3) is 0 Å². The molecule has 7 nitrogen and oxygen atoms in total. The lowest BCUT2D eigenvalue weighted by molar-refractivity contribution is -0.139. The maximum atomic E-state index is 13.9. The van der Waals surface area contributed by atoms with Crippen LogP contribution in [-0.4, -0.2) is 51.0 Å². The van der Waals surface area contributed by atoms with Crippen LogP contribution in [-0.2, 0) is 32.6 Å². The fourth-order valence-electron chi connectivity index (χ4n) is 3.83. The maximum Gasteiger partial charge on any atom is 0.244 e. The number of nitrogens with zero attached hydrogens (tertiary/aromatic N) is 2. The number of carbonyl (C=O) groups is 2. The minimum Gasteiger partial charge on any atom is -0.357 e. The lowest BCUT2D eigenvalue weighted by Crippen LogP contribution is -2.53. The van der Waals surface area contributed by atoms with E-state index in [1.165, 1.54) is 36.2 Å². The van der Waals surface area contributed by atoms with E-state index < -0.39 is 34.4 Å². The van der Waals surface area contributed by atoms with Crippen LogP contribution >= 0.6 is 46.4 Å². The number of nitrogens with one attached hydrogen (secondary N) is 1. The summed E-state index contributed by atoms with van der Waals surface area (Å²) in [4.78, 5) is 28.3. The first-order valence-corrected chi connectivity index (χ1v) is 14.7. The molecule has 0 spiro atoms. The number of rotatable bonds is 10. The van der Waals surface area contributed by atoms with Gasteiger partial charge in [0.25, 0.3) is 0 Å². The van der Waals surface area contributed by atoms with E-state index in [4.69, 9.17) is 46.4 Å². The number of likely N-dealkylation sites (N-methyl/N-ethyl adjacent to an activating group) is 1. The van der Waals surface area contributed by atoms with Crippen molar-refractivity contribution in [2.75, 3.05) is 24.2 Å². The quantitative estimate of drug-likeness (QED) is 0.328. The van der Waals surface area contributed by atoms with Gasteiger partial charge in [0.05, 0.1) is 22.0 Å². The predicted molar refractivity (Wildman–Crippen MR) is 154 cm³/mol. The summed E-state index contributed by atoms with van der Waals surface area (Å²) in [7, 11) is -2.52. The third-order valence-corrected chi connectivity index (χ3v) is 8.27. The fourth-order valence-corrected chi connectivity index (χ4v) is 5.60. The lowest BCUT2D eigenvalue weighted by atomic mass is 10.0. The van der Waals surface area contributed by atoms with Gasteiger partial charge < -0.3 is 10.2 Å². The van der Waals surface area contributed by atoms with E-state index in [2.05, 4.69) is 5.32 Å². The Labute approximate surface area is 242 Å². The molecule has 1 N–H and O–H groups in total. The van der Waals surface area contributed by atoms with Gasteiger partial charge >= 0.3 is 0 Å². The summed E-state index contributed by atoms with van der Waals surface area (Å²) in [5, 5.41) is 3.41. The Morgan fingerprint density at radius 1 is 0.921 bits per heavy atom. The van der Waals surface area contributed by atoms with Crippen molar-refractivity contribution >= 4 is 73.9 Å². The number of anilines is 1. The van der Waals surface area contributed by atoms with Crippen LogP contribution < -0.4 is 9.62 Å².